The summed E-state index contributed by atoms with van der Waals surface area (Å²) in [5.41, 5.74) is -2.56. The molecule has 0 spiro atoms. The summed E-state index contributed by atoms with van der Waals surface area (Å²) in [6, 6.07) is 0. The Bertz CT molecular complexity index is 363. The van der Waals surface area contributed by atoms with Gasteiger partial charge in [0.25, 0.3) is 0 Å². The molecule has 1 rings (SSSR count). The topological polar surface area (TPSA) is 173 Å². The summed E-state index contributed by atoms with van der Waals surface area (Å²) in [4.78, 5) is 31.3. The van der Waals surface area contributed by atoms with Crippen molar-refractivity contribution in [2.24, 2.45) is 0 Å². The summed E-state index contributed by atoms with van der Waals surface area (Å²) in [6.45, 7) is 0. The van der Waals surface area contributed by atoms with Gasteiger partial charge in [-0.3, -0.25) is 0 Å². The van der Waals surface area contributed by atoms with Crippen molar-refractivity contribution in [1.29, 1.82) is 0 Å². The molecule has 1 fully saturated rings. The van der Waals surface area contributed by atoms with E-state index < -0.39 is 50.5 Å². The van der Waals surface area contributed by atoms with Crippen LogP contribution in [-0.4, -0.2) is 45.2 Å². The molecule has 0 aliphatic heterocycles. The van der Waals surface area contributed by atoms with E-state index in [0.717, 1.165) is 0 Å². The van der Waals surface area contributed by atoms with Crippen LogP contribution in [0.1, 0.15) is 12.8 Å². The van der Waals surface area contributed by atoms with Crippen molar-refractivity contribution in [2.45, 2.75) is 36.8 Å². The Morgan fingerprint density at radius 1 is 1.20 bits per heavy atom. The first kappa shape index (κ1) is 27.3. The number of aliphatic hydroxyl groups excluding tert-OH is 2. The van der Waals surface area contributed by atoms with Crippen LogP contribution >= 0.6 is 7.82 Å². The van der Waals surface area contributed by atoms with Crippen LogP contribution in [0.2, 0.25) is 0 Å². The molecule has 0 aromatic heterocycles. The molecule has 0 radical (unpaired) electrons. The largest absolute Gasteiger partial charge is 1.00 e. The Morgan fingerprint density at radius 2 is 1.65 bits per heavy atom. The first-order valence-electron chi connectivity index (χ1n) is 4.55. The third-order valence-electron chi connectivity index (χ3n) is 2.51. The Balaban J connectivity index is -0.000000963. The van der Waals surface area contributed by atoms with Crippen LogP contribution in [0.15, 0.2) is 0 Å². The molecule has 0 bridgehead atoms. The van der Waals surface area contributed by atoms with Gasteiger partial charge in [-0.1, -0.05) is 0 Å². The maximum absolute atomic E-state index is 10.6. The molecule has 13 heteroatoms. The van der Waals surface area contributed by atoms with Crippen molar-refractivity contribution in [2.75, 3.05) is 0 Å². The molecule has 3 N–H and O–H groups in total. The number of phosphoric acid groups is 1. The summed E-state index contributed by atoms with van der Waals surface area (Å²) >= 11 is 0. The van der Waals surface area contributed by atoms with Crippen LogP contribution in [-0.2, 0) is 13.9 Å². The fraction of sp³-hybridized carbons (Fsp3) is 0.857. The normalized spacial score (nSPS) is 33.1. The predicted octanol–water partition coefficient (Wildman–Crippen LogP) is -13.8. The number of phosphoric ester groups is 1. The van der Waals surface area contributed by atoms with Gasteiger partial charge in [0.1, 0.15) is 11.7 Å². The number of carboxylic acids is 1. The van der Waals surface area contributed by atoms with Gasteiger partial charge in [-0.05, 0) is 0 Å². The Morgan fingerprint density at radius 3 is 2.00 bits per heavy atom. The number of aliphatic hydroxyl groups is 3. The van der Waals surface area contributed by atoms with E-state index in [1.54, 1.807) is 0 Å². The molecule has 0 unspecified atom stereocenters. The SMILES string of the molecule is O=C([O-])[C@@]1(O)C[C@@H](O)[C@H](O)[C@H](OP(=O)([O-])[O-])C1.[Na+].[Na+].[Na+]. The van der Waals surface area contributed by atoms with Crippen LogP contribution in [0.25, 0.3) is 0 Å². The summed E-state index contributed by atoms with van der Waals surface area (Å²) in [7, 11) is -5.48. The Hall–Kier alpha value is 2.46. The molecule has 0 amide bonds. The number of rotatable bonds is 3. The van der Waals surface area contributed by atoms with Crippen molar-refractivity contribution in [3.05, 3.63) is 0 Å². The van der Waals surface area contributed by atoms with Gasteiger partial charge in [0.2, 0.25) is 0 Å². The van der Waals surface area contributed by atoms with Crippen LogP contribution < -0.4 is 104 Å². The maximum Gasteiger partial charge on any atom is 1.00 e. The van der Waals surface area contributed by atoms with E-state index in [1.165, 1.54) is 0 Å². The number of hydrogen-bond donors (Lipinski definition) is 3. The van der Waals surface area contributed by atoms with Gasteiger partial charge in [-0.15, -0.1) is 0 Å². The van der Waals surface area contributed by atoms with Crippen molar-refractivity contribution in [3.63, 3.8) is 0 Å². The van der Waals surface area contributed by atoms with Crippen LogP contribution in [0.3, 0.4) is 0 Å². The summed E-state index contributed by atoms with van der Waals surface area (Å²) in [6.07, 6.45) is -6.99. The fourth-order valence-electron chi connectivity index (χ4n) is 1.68. The first-order chi connectivity index (χ1) is 7.55. The molecule has 20 heavy (non-hydrogen) atoms. The van der Waals surface area contributed by atoms with Gasteiger partial charge in [-0.2, -0.15) is 0 Å². The van der Waals surface area contributed by atoms with Crippen molar-refractivity contribution < 1.29 is 133 Å². The zero-order valence-electron chi connectivity index (χ0n) is 11.4. The molecule has 1 aliphatic carbocycles. The van der Waals surface area contributed by atoms with Gasteiger partial charge < -0.3 is 44.1 Å². The second kappa shape index (κ2) is 10.4. The zero-order valence-corrected chi connectivity index (χ0v) is 18.3. The van der Waals surface area contributed by atoms with Crippen molar-refractivity contribution in [1.82, 2.24) is 0 Å². The van der Waals surface area contributed by atoms with Crippen LogP contribution in [0.4, 0.5) is 0 Å². The van der Waals surface area contributed by atoms with Crippen LogP contribution in [0, 0.1) is 0 Å². The molecule has 0 aromatic carbocycles. The molecule has 0 saturated heterocycles. The summed E-state index contributed by atoms with van der Waals surface area (Å²) in [5.74, 6) is -1.95. The average Bonchev–Trinajstić information content (AvgIpc) is 2.11. The molecule has 4 atom stereocenters. The number of carboxylic acid groups (broad SMARTS) is 1. The predicted molar refractivity (Wildman–Crippen MR) is 43.7 cm³/mol. The minimum Gasteiger partial charge on any atom is -0.790 e. The third-order valence-corrected chi connectivity index (χ3v) is 3.03. The fourth-order valence-corrected chi connectivity index (χ4v) is 2.21. The van der Waals surface area contributed by atoms with E-state index >= 15 is 0 Å². The number of carbonyl (C=O) groups is 1. The van der Waals surface area contributed by atoms with E-state index in [2.05, 4.69) is 4.52 Å². The minimum atomic E-state index is -5.48. The van der Waals surface area contributed by atoms with E-state index in [0.29, 0.717) is 0 Å². The zero-order chi connectivity index (χ0) is 13.4. The molecule has 1 saturated carbocycles. The first-order valence-corrected chi connectivity index (χ1v) is 6.02. The van der Waals surface area contributed by atoms with Gasteiger partial charge >= 0.3 is 88.7 Å². The maximum atomic E-state index is 10.6. The smallest absolute Gasteiger partial charge is 0.790 e. The van der Waals surface area contributed by atoms with E-state index in [9.17, 15) is 39.6 Å². The second-order valence-corrected chi connectivity index (χ2v) is 4.98. The van der Waals surface area contributed by atoms with Crippen molar-refractivity contribution >= 4 is 13.8 Å². The number of hydrogen-bond acceptors (Lipinski definition) is 9. The Labute approximate surface area is 181 Å². The third kappa shape index (κ3) is 7.83. The van der Waals surface area contributed by atoms with Crippen molar-refractivity contribution in [3.8, 4) is 0 Å². The van der Waals surface area contributed by atoms with Gasteiger partial charge in [0, 0.05) is 12.8 Å². The van der Waals surface area contributed by atoms with Gasteiger partial charge in [-0.25, -0.2) is 0 Å². The Kier molecular flexibility index (Phi) is 14.1. The molecule has 1 aliphatic rings. The van der Waals surface area contributed by atoms with Crippen LogP contribution in [0.5, 0.6) is 0 Å². The number of aliphatic carboxylic acids is 1. The number of carbonyl (C=O) groups excluding carboxylic acids is 1. The second-order valence-electron chi connectivity index (χ2n) is 3.88. The van der Waals surface area contributed by atoms with E-state index in [1.807, 2.05) is 0 Å². The van der Waals surface area contributed by atoms with E-state index in [4.69, 9.17) is 0 Å². The van der Waals surface area contributed by atoms with Gasteiger partial charge in [0.15, 0.2) is 0 Å². The molecule has 0 aromatic rings. The molecule has 0 heterocycles. The monoisotopic (exact) mass is 338 g/mol. The van der Waals surface area contributed by atoms with E-state index in [-0.39, 0.29) is 88.7 Å². The minimum absolute atomic E-state index is 0. The molecule has 9 nitrogen and oxygen atoms in total. The molecule has 100 valence electrons. The molecular weight excluding hydrogens is 328 g/mol. The summed E-state index contributed by atoms with van der Waals surface area (Å²) in [5, 5.41) is 38.7. The van der Waals surface area contributed by atoms with Gasteiger partial charge in [0.05, 0.1) is 26.0 Å². The standard InChI is InChI=1S/C7H13O9P.3Na/c8-3-1-7(12,6(10)11)2-4(5(3)9)16-17(13,14)15;;;/h3-5,8-9,12H,1-2H2,(H,10,11)(H2,13,14,15);;;/q;3*+1/p-3/t3-,4-,5+,7-;;;/m1.../s1. The quantitative estimate of drug-likeness (QED) is 0.333. The molecular formula is C7H10Na3O9P. The summed E-state index contributed by atoms with van der Waals surface area (Å²) < 4.78 is 14.2. The average molecular weight is 338 g/mol.